The Hall–Kier alpha value is -1.56. The number of likely N-dealkylation sites (tertiary alicyclic amines) is 1. The number of nitrogens with two attached hydrogens (primary N) is 1. The topological polar surface area (TPSA) is 67.4 Å². The first-order valence-electron chi connectivity index (χ1n) is 6.86. The summed E-state index contributed by atoms with van der Waals surface area (Å²) in [6, 6.07) is 0.502. The number of nitrogen functional groups attached to an aromatic ring is 1. The Morgan fingerprint density at radius 1 is 1.63 bits per heavy atom. The van der Waals surface area contributed by atoms with Crippen LogP contribution in [0.2, 0.25) is 0 Å². The third-order valence-electron chi connectivity index (χ3n) is 3.77. The molecule has 106 valence electrons. The average molecular weight is 265 g/mol. The first-order valence-corrected chi connectivity index (χ1v) is 6.86. The van der Waals surface area contributed by atoms with Gasteiger partial charge in [-0.05, 0) is 25.9 Å². The lowest BCUT2D eigenvalue weighted by molar-refractivity contribution is -0.131. The molecule has 1 amide bonds. The number of hydrogen-bond acceptors (Lipinski definition) is 4. The number of nitrogens with zero attached hydrogens (tertiary/aromatic N) is 4. The van der Waals surface area contributed by atoms with Gasteiger partial charge in [-0.3, -0.25) is 14.4 Å². The number of anilines is 1. The smallest absolute Gasteiger partial charge is 0.244 e. The molecule has 1 aliphatic rings. The largest absolute Gasteiger partial charge is 0.396 e. The first kappa shape index (κ1) is 13.9. The molecule has 6 heteroatoms. The second-order valence-corrected chi connectivity index (χ2v) is 5.17. The minimum Gasteiger partial charge on any atom is -0.396 e. The lowest BCUT2D eigenvalue weighted by Crippen LogP contribution is -2.42. The van der Waals surface area contributed by atoms with Crippen molar-refractivity contribution in [1.29, 1.82) is 0 Å². The Kier molecular flexibility index (Phi) is 4.42. The zero-order chi connectivity index (χ0) is 13.8. The molecule has 2 heterocycles. The molecule has 1 atom stereocenters. The van der Waals surface area contributed by atoms with E-state index < -0.39 is 0 Å². The second-order valence-electron chi connectivity index (χ2n) is 5.17. The van der Waals surface area contributed by atoms with E-state index in [2.05, 4.69) is 16.9 Å². The fourth-order valence-electron chi connectivity index (χ4n) is 2.66. The summed E-state index contributed by atoms with van der Waals surface area (Å²) in [6.45, 7) is 5.43. The predicted octanol–water partition coefficient (Wildman–Crippen LogP) is 0.408. The SMILES string of the molecule is CCN1CCCC1CN(C)C(=O)Cn1cc(N)cn1. The van der Waals surface area contributed by atoms with Crippen molar-refractivity contribution in [2.75, 3.05) is 32.4 Å². The maximum absolute atomic E-state index is 12.1. The molecule has 0 aliphatic carbocycles. The summed E-state index contributed by atoms with van der Waals surface area (Å²) in [6.07, 6.45) is 5.65. The summed E-state index contributed by atoms with van der Waals surface area (Å²) in [5.41, 5.74) is 6.17. The van der Waals surface area contributed by atoms with Crippen LogP contribution >= 0.6 is 0 Å². The Morgan fingerprint density at radius 3 is 3.05 bits per heavy atom. The molecule has 0 radical (unpaired) electrons. The van der Waals surface area contributed by atoms with Crippen molar-refractivity contribution in [3.8, 4) is 0 Å². The van der Waals surface area contributed by atoms with Gasteiger partial charge in [-0.15, -0.1) is 0 Å². The van der Waals surface area contributed by atoms with E-state index in [1.165, 1.54) is 12.8 Å². The Bertz CT molecular complexity index is 430. The lowest BCUT2D eigenvalue weighted by Gasteiger charge is -2.27. The van der Waals surface area contributed by atoms with Gasteiger partial charge in [0, 0.05) is 25.8 Å². The summed E-state index contributed by atoms with van der Waals surface area (Å²) in [7, 11) is 1.86. The fraction of sp³-hybridized carbons (Fsp3) is 0.692. The van der Waals surface area contributed by atoms with Crippen LogP contribution in [0, 0.1) is 0 Å². The standard InChI is InChI=1S/C13H23N5O/c1-3-17-6-4-5-12(17)9-16(2)13(19)10-18-8-11(14)7-15-18/h7-8,12H,3-6,9-10,14H2,1-2H3. The summed E-state index contributed by atoms with van der Waals surface area (Å²) in [5, 5.41) is 4.03. The zero-order valence-electron chi connectivity index (χ0n) is 11.7. The molecule has 2 rings (SSSR count). The van der Waals surface area contributed by atoms with Crippen molar-refractivity contribution in [1.82, 2.24) is 19.6 Å². The molecule has 6 nitrogen and oxygen atoms in total. The maximum atomic E-state index is 12.1. The number of likely N-dealkylation sites (N-methyl/N-ethyl adjacent to an activating group) is 2. The maximum Gasteiger partial charge on any atom is 0.244 e. The number of aromatic nitrogens is 2. The molecule has 0 bridgehead atoms. The van der Waals surface area contributed by atoms with Crippen LogP contribution in [0.4, 0.5) is 5.69 Å². The van der Waals surface area contributed by atoms with E-state index in [1.807, 2.05) is 7.05 Å². The molecule has 1 aliphatic heterocycles. The van der Waals surface area contributed by atoms with Crippen LogP contribution in [0.1, 0.15) is 19.8 Å². The quantitative estimate of drug-likeness (QED) is 0.837. The van der Waals surface area contributed by atoms with Crippen LogP contribution in [0.15, 0.2) is 12.4 Å². The van der Waals surface area contributed by atoms with Crippen LogP contribution in [0.5, 0.6) is 0 Å². The van der Waals surface area contributed by atoms with Gasteiger partial charge in [0.05, 0.1) is 11.9 Å². The van der Waals surface area contributed by atoms with Crippen LogP contribution in [-0.4, -0.2) is 58.2 Å². The highest BCUT2D eigenvalue weighted by Gasteiger charge is 2.25. The van der Waals surface area contributed by atoms with Gasteiger partial charge in [0.2, 0.25) is 5.91 Å². The molecule has 1 aromatic rings. The molecular weight excluding hydrogens is 242 g/mol. The molecule has 0 spiro atoms. The third kappa shape index (κ3) is 3.47. The molecular formula is C13H23N5O. The van der Waals surface area contributed by atoms with Crippen molar-refractivity contribution < 1.29 is 4.79 Å². The highest BCUT2D eigenvalue weighted by atomic mass is 16.2. The number of hydrogen-bond donors (Lipinski definition) is 1. The van der Waals surface area contributed by atoms with Crippen LogP contribution in [-0.2, 0) is 11.3 Å². The van der Waals surface area contributed by atoms with Crippen molar-refractivity contribution in [2.24, 2.45) is 0 Å². The van der Waals surface area contributed by atoms with Gasteiger partial charge >= 0.3 is 0 Å². The summed E-state index contributed by atoms with van der Waals surface area (Å²) >= 11 is 0. The van der Waals surface area contributed by atoms with Crippen molar-refractivity contribution >= 4 is 11.6 Å². The molecule has 1 unspecified atom stereocenters. The number of amides is 1. The first-order chi connectivity index (χ1) is 9.10. The summed E-state index contributed by atoms with van der Waals surface area (Å²) in [5.74, 6) is 0.0750. The predicted molar refractivity (Wildman–Crippen MR) is 74.5 cm³/mol. The highest BCUT2D eigenvalue weighted by molar-refractivity contribution is 5.75. The minimum absolute atomic E-state index is 0.0750. The van der Waals surface area contributed by atoms with E-state index in [9.17, 15) is 4.79 Å². The van der Waals surface area contributed by atoms with E-state index in [0.29, 0.717) is 11.7 Å². The van der Waals surface area contributed by atoms with E-state index in [1.54, 1.807) is 22.0 Å². The third-order valence-corrected chi connectivity index (χ3v) is 3.77. The van der Waals surface area contributed by atoms with Gasteiger partial charge in [0.25, 0.3) is 0 Å². The van der Waals surface area contributed by atoms with E-state index in [-0.39, 0.29) is 12.5 Å². The average Bonchev–Trinajstić information content (AvgIpc) is 2.98. The number of rotatable bonds is 5. The van der Waals surface area contributed by atoms with Crippen LogP contribution in [0.3, 0.4) is 0 Å². The van der Waals surface area contributed by atoms with Crippen molar-refractivity contribution in [3.05, 3.63) is 12.4 Å². The van der Waals surface area contributed by atoms with Gasteiger partial charge < -0.3 is 10.6 Å². The molecule has 1 fully saturated rings. The normalized spacial score (nSPS) is 19.8. The second kappa shape index (κ2) is 6.06. The molecule has 19 heavy (non-hydrogen) atoms. The zero-order valence-corrected chi connectivity index (χ0v) is 11.7. The molecule has 1 aromatic heterocycles. The van der Waals surface area contributed by atoms with Gasteiger partial charge in [0.15, 0.2) is 0 Å². The van der Waals surface area contributed by atoms with Crippen LogP contribution in [0.25, 0.3) is 0 Å². The van der Waals surface area contributed by atoms with E-state index >= 15 is 0 Å². The lowest BCUT2D eigenvalue weighted by atomic mass is 10.2. The number of carbonyl (C=O) groups is 1. The molecule has 0 saturated carbocycles. The van der Waals surface area contributed by atoms with Crippen molar-refractivity contribution in [3.63, 3.8) is 0 Å². The fourth-order valence-corrected chi connectivity index (χ4v) is 2.66. The highest BCUT2D eigenvalue weighted by Crippen LogP contribution is 2.17. The molecule has 0 aromatic carbocycles. The van der Waals surface area contributed by atoms with Crippen molar-refractivity contribution in [2.45, 2.75) is 32.4 Å². The number of carbonyl (C=O) groups excluding carboxylic acids is 1. The Labute approximate surface area is 114 Å². The van der Waals surface area contributed by atoms with Gasteiger partial charge in [0.1, 0.15) is 6.54 Å². The summed E-state index contributed by atoms with van der Waals surface area (Å²) in [4.78, 5) is 16.4. The van der Waals surface area contributed by atoms with Gasteiger partial charge in [-0.25, -0.2) is 0 Å². The molecule has 1 saturated heterocycles. The molecule has 2 N–H and O–H groups in total. The Morgan fingerprint density at radius 2 is 2.42 bits per heavy atom. The summed E-state index contributed by atoms with van der Waals surface area (Å²) < 4.78 is 1.58. The van der Waals surface area contributed by atoms with E-state index in [4.69, 9.17) is 5.73 Å². The van der Waals surface area contributed by atoms with E-state index in [0.717, 1.165) is 19.6 Å². The minimum atomic E-state index is 0.0750. The van der Waals surface area contributed by atoms with Gasteiger partial charge in [-0.1, -0.05) is 6.92 Å². The van der Waals surface area contributed by atoms with Gasteiger partial charge in [-0.2, -0.15) is 5.10 Å². The Balaban J connectivity index is 1.85. The monoisotopic (exact) mass is 265 g/mol. The van der Waals surface area contributed by atoms with Crippen LogP contribution < -0.4 is 5.73 Å².